The number of hydrogen-bond donors (Lipinski definition) is 1. The molecule has 4 nitrogen and oxygen atoms in total. The molecule has 1 fully saturated rings. The van der Waals surface area contributed by atoms with Crippen molar-refractivity contribution in [2.45, 2.75) is 37.4 Å². The molecule has 2 aliphatic rings. The number of benzene rings is 2. The molecule has 0 aromatic heterocycles. The number of nitrogens with zero attached hydrogens (tertiary/aromatic N) is 1. The Bertz CT molecular complexity index is 813. The van der Waals surface area contributed by atoms with E-state index >= 15 is 0 Å². The molecule has 5 heteroatoms. The first-order valence-electron chi connectivity index (χ1n) is 9.54. The van der Waals surface area contributed by atoms with E-state index in [1.54, 1.807) is 12.1 Å². The van der Waals surface area contributed by atoms with Crippen molar-refractivity contribution < 1.29 is 19.0 Å². The summed E-state index contributed by atoms with van der Waals surface area (Å²) in [5.74, 6) is 0.522. The Labute approximate surface area is 158 Å². The number of carbonyl (C=O) groups is 1. The van der Waals surface area contributed by atoms with E-state index in [0.29, 0.717) is 12.0 Å². The summed E-state index contributed by atoms with van der Waals surface area (Å²) in [5.41, 5.74) is 1.37. The number of ether oxygens (including phenoxy) is 1. The molecule has 1 atom stereocenters. The lowest BCUT2D eigenvalue weighted by Crippen LogP contribution is -2.48. The highest BCUT2D eigenvalue weighted by molar-refractivity contribution is 5.95. The second-order valence-corrected chi connectivity index (χ2v) is 7.50. The molecule has 0 amide bonds. The van der Waals surface area contributed by atoms with Crippen molar-refractivity contribution in [3.05, 3.63) is 65.5 Å². The average molecular weight is 369 g/mol. The summed E-state index contributed by atoms with van der Waals surface area (Å²) in [4.78, 5) is 14.5. The zero-order chi connectivity index (χ0) is 18.9. The number of para-hydroxylation sites is 1. The van der Waals surface area contributed by atoms with Crippen molar-refractivity contribution in [2.24, 2.45) is 0 Å². The monoisotopic (exact) mass is 369 g/mol. The van der Waals surface area contributed by atoms with E-state index in [2.05, 4.69) is 11.0 Å². The van der Waals surface area contributed by atoms with Gasteiger partial charge in [-0.15, -0.1) is 0 Å². The highest BCUT2D eigenvalue weighted by atomic mass is 19.1. The molecular formula is C22H24FNO3. The minimum Gasteiger partial charge on any atom is -0.464 e. The maximum atomic E-state index is 12.9. The van der Waals surface area contributed by atoms with Crippen LogP contribution in [0.25, 0.3) is 0 Å². The fourth-order valence-electron chi connectivity index (χ4n) is 4.28. The third-order valence-electron chi connectivity index (χ3n) is 5.93. The Balaban J connectivity index is 1.29. The van der Waals surface area contributed by atoms with Gasteiger partial charge in [-0.1, -0.05) is 18.2 Å². The van der Waals surface area contributed by atoms with Crippen molar-refractivity contribution in [1.29, 1.82) is 0 Å². The van der Waals surface area contributed by atoms with E-state index in [1.807, 2.05) is 18.2 Å². The van der Waals surface area contributed by atoms with Crippen molar-refractivity contribution in [3.63, 3.8) is 0 Å². The number of carbonyl (C=O) groups excluding carboxylic acids is 1. The molecule has 0 saturated carbocycles. The highest BCUT2D eigenvalue weighted by Gasteiger charge is 2.49. The molecule has 2 aromatic carbocycles. The minimum atomic E-state index is -0.780. The number of aliphatic hydroxyl groups is 1. The van der Waals surface area contributed by atoms with Gasteiger partial charge < -0.3 is 14.7 Å². The summed E-state index contributed by atoms with van der Waals surface area (Å²) in [6.45, 7) is 2.60. The Kier molecular flexibility index (Phi) is 4.98. The molecule has 1 saturated heterocycles. The van der Waals surface area contributed by atoms with Crippen LogP contribution in [0.1, 0.15) is 41.6 Å². The van der Waals surface area contributed by atoms with Gasteiger partial charge in [-0.2, -0.15) is 0 Å². The van der Waals surface area contributed by atoms with E-state index in [1.165, 1.54) is 12.1 Å². The standard InChI is InChI=1S/C22H24FNO3/c23-17-9-7-16(8-10-17)19(25)5-3-13-24-14-11-22(12-15-24)18-4-1-2-6-20(18)27-21(22)26/h1-2,4,6-10,21,26H,3,5,11-15H2. The Morgan fingerprint density at radius 2 is 1.85 bits per heavy atom. The average Bonchev–Trinajstić information content (AvgIpc) is 2.95. The molecule has 1 spiro atoms. The second-order valence-electron chi connectivity index (χ2n) is 7.50. The van der Waals surface area contributed by atoms with Gasteiger partial charge in [0, 0.05) is 17.5 Å². The van der Waals surface area contributed by atoms with Gasteiger partial charge in [0.2, 0.25) is 6.29 Å². The van der Waals surface area contributed by atoms with Crippen LogP contribution in [0, 0.1) is 5.82 Å². The van der Waals surface area contributed by atoms with Crippen LogP contribution in [-0.4, -0.2) is 41.7 Å². The van der Waals surface area contributed by atoms with E-state index in [9.17, 15) is 14.3 Å². The third-order valence-corrected chi connectivity index (χ3v) is 5.93. The molecule has 142 valence electrons. The van der Waals surface area contributed by atoms with Gasteiger partial charge in [0.05, 0.1) is 5.41 Å². The maximum absolute atomic E-state index is 12.9. The van der Waals surface area contributed by atoms with E-state index in [0.717, 1.165) is 50.2 Å². The smallest absolute Gasteiger partial charge is 0.207 e. The van der Waals surface area contributed by atoms with Crippen molar-refractivity contribution >= 4 is 5.78 Å². The second kappa shape index (κ2) is 7.41. The van der Waals surface area contributed by atoms with Crippen LogP contribution >= 0.6 is 0 Å². The van der Waals surface area contributed by atoms with Crippen LogP contribution in [0.5, 0.6) is 5.75 Å². The Morgan fingerprint density at radius 1 is 1.15 bits per heavy atom. The van der Waals surface area contributed by atoms with E-state index in [4.69, 9.17) is 4.74 Å². The minimum absolute atomic E-state index is 0.0528. The molecule has 2 aliphatic heterocycles. The number of hydrogen-bond acceptors (Lipinski definition) is 4. The van der Waals surface area contributed by atoms with Crippen LogP contribution in [-0.2, 0) is 5.41 Å². The highest BCUT2D eigenvalue weighted by Crippen LogP contribution is 2.48. The van der Waals surface area contributed by atoms with Gasteiger partial charge in [-0.05, 0) is 69.2 Å². The number of fused-ring (bicyclic) bond motifs is 2. The van der Waals surface area contributed by atoms with Gasteiger partial charge in [0.25, 0.3) is 0 Å². The summed E-state index contributed by atoms with van der Waals surface area (Å²) < 4.78 is 18.6. The third kappa shape index (κ3) is 3.49. The number of rotatable bonds is 5. The molecule has 1 N–H and O–H groups in total. The van der Waals surface area contributed by atoms with Gasteiger partial charge in [0.15, 0.2) is 5.78 Å². The quantitative estimate of drug-likeness (QED) is 0.819. The summed E-state index contributed by atoms with van der Waals surface area (Å²) in [6.07, 6.45) is 2.15. The zero-order valence-electron chi connectivity index (χ0n) is 15.2. The number of ketones is 1. The number of Topliss-reactive ketones (excluding diaryl/α,β-unsaturated/α-hetero) is 1. The molecular weight excluding hydrogens is 345 g/mol. The predicted octanol–water partition coefficient (Wildman–Crippen LogP) is 3.53. The first kappa shape index (κ1) is 18.1. The van der Waals surface area contributed by atoms with Crippen molar-refractivity contribution in [1.82, 2.24) is 4.90 Å². The SMILES string of the molecule is O=C(CCCN1CCC2(CC1)c1ccccc1OC2O)c1ccc(F)cc1. The van der Waals surface area contributed by atoms with E-state index in [-0.39, 0.29) is 17.0 Å². The molecule has 4 rings (SSSR count). The lowest BCUT2D eigenvalue weighted by molar-refractivity contribution is -0.0755. The van der Waals surface area contributed by atoms with Crippen molar-refractivity contribution in [2.75, 3.05) is 19.6 Å². The zero-order valence-corrected chi connectivity index (χ0v) is 15.2. The van der Waals surface area contributed by atoms with Crippen LogP contribution < -0.4 is 4.74 Å². The molecule has 2 heterocycles. The Morgan fingerprint density at radius 3 is 2.59 bits per heavy atom. The van der Waals surface area contributed by atoms with Gasteiger partial charge in [-0.3, -0.25) is 4.79 Å². The first-order valence-corrected chi connectivity index (χ1v) is 9.54. The number of likely N-dealkylation sites (tertiary alicyclic amines) is 1. The molecule has 0 radical (unpaired) electrons. The molecule has 0 bridgehead atoms. The fourth-order valence-corrected chi connectivity index (χ4v) is 4.28. The molecule has 2 aromatic rings. The summed E-state index contributed by atoms with van der Waals surface area (Å²) in [5, 5.41) is 10.5. The van der Waals surface area contributed by atoms with E-state index < -0.39 is 6.29 Å². The largest absolute Gasteiger partial charge is 0.464 e. The maximum Gasteiger partial charge on any atom is 0.207 e. The summed E-state index contributed by atoms with van der Waals surface area (Å²) in [6, 6.07) is 13.6. The summed E-state index contributed by atoms with van der Waals surface area (Å²) >= 11 is 0. The fraction of sp³-hybridized carbons (Fsp3) is 0.409. The van der Waals surface area contributed by atoms with Crippen molar-refractivity contribution in [3.8, 4) is 5.75 Å². The van der Waals surface area contributed by atoms with Gasteiger partial charge in [0.1, 0.15) is 11.6 Å². The first-order chi connectivity index (χ1) is 13.1. The number of halogens is 1. The molecule has 0 aliphatic carbocycles. The lowest BCUT2D eigenvalue weighted by Gasteiger charge is -2.40. The number of piperidine rings is 1. The van der Waals surface area contributed by atoms with Crippen LogP contribution in [0.2, 0.25) is 0 Å². The van der Waals surface area contributed by atoms with Crippen LogP contribution in [0.4, 0.5) is 4.39 Å². The van der Waals surface area contributed by atoms with Gasteiger partial charge >= 0.3 is 0 Å². The van der Waals surface area contributed by atoms with Crippen LogP contribution in [0.15, 0.2) is 48.5 Å². The topological polar surface area (TPSA) is 49.8 Å². The molecule has 1 unspecified atom stereocenters. The summed E-state index contributed by atoms with van der Waals surface area (Å²) in [7, 11) is 0. The number of aliphatic hydroxyl groups excluding tert-OH is 1. The predicted molar refractivity (Wildman–Crippen MR) is 100 cm³/mol. The van der Waals surface area contributed by atoms with Crippen LogP contribution in [0.3, 0.4) is 0 Å². The lowest BCUT2D eigenvalue weighted by atomic mass is 9.73. The normalized spacial score (nSPS) is 21.0. The molecule has 27 heavy (non-hydrogen) atoms. The Hall–Kier alpha value is -2.24. The van der Waals surface area contributed by atoms with Gasteiger partial charge in [-0.25, -0.2) is 4.39 Å².